The molecule has 1 aliphatic rings. The van der Waals surface area contributed by atoms with Gasteiger partial charge in [0.2, 0.25) is 11.8 Å². The van der Waals surface area contributed by atoms with Gasteiger partial charge in [0.25, 0.3) is 0 Å². The van der Waals surface area contributed by atoms with Crippen LogP contribution < -0.4 is 10.6 Å². The second kappa shape index (κ2) is 5.62. The van der Waals surface area contributed by atoms with Gasteiger partial charge in [0.05, 0.1) is 0 Å². The van der Waals surface area contributed by atoms with E-state index in [0.29, 0.717) is 0 Å². The summed E-state index contributed by atoms with van der Waals surface area (Å²) in [5, 5.41) is 5.25. The molecule has 14 heavy (non-hydrogen) atoms. The van der Waals surface area contributed by atoms with E-state index in [-0.39, 0.29) is 11.8 Å². The summed E-state index contributed by atoms with van der Waals surface area (Å²) in [5.74, 6) is -0.220. The SMILES string of the molecule is CC.CNC(=O)C1(NC(C)=O)CCC1. The summed E-state index contributed by atoms with van der Waals surface area (Å²) >= 11 is 0. The standard InChI is InChI=1S/C8H14N2O2.C2H6/c1-6(11)10-8(4-3-5-8)7(12)9-2;1-2/h3-5H2,1-2H3,(H,9,12)(H,10,11);1-2H3. The summed E-state index contributed by atoms with van der Waals surface area (Å²) in [6.45, 7) is 5.43. The first-order valence-electron chi connectivity index (χ1n) is 5.12. The van der Waals surface area contributed by atoms with E-state index in [1.807, 2.05) is 13.8 Å². The van der Waals surface area contributed by atoms with E-state index < -0.39 is 5.54 Å². The van der Waals surface area contributed by atoms with Gasteiger partial charge < -0.3 is 10.6 Å². The minimum atomic E-state index is -0.597. The highest BCUT2D eigenvalue weighted by Gasteiger charge is 2.44. The van der Waals surface area contributed by atoms with E-state index in [1.54, 1.807) is 7.05 Å². The number of hydrogen-bond acceptors (Lipinski definition) is 2. The predicted molar refractivity (Wildman–Crippen MR) is 55.8 cm³/mol. The van der Waals surface area contributed by atoms with Crippen LogP contribution in [0.3, 0.4) is 0 Å². The van der Waals surface area contributed by atoms with Crippen LogP contribution in [0.1, 0.15) is 40.0 Å². The monoisotopic (exact) mass is 200 g/mol. The summed E-state index contributed by atoms with van der Waals surface area (Å²) < 4.78 is 0. The van der Waals surface area contributed by atoms with Gasteiger partial charge >= 0.3 is 0 Å². The Morgan fingerprint density at radius 3 is 1.93 bits per heavy atom. The Kier molecular flexibility index (Phi) is 5.20. The molecule has 1 fully saturated rings. The zero-order chi connectivity index (χ0) is 11.2. The normalized spacial score (nSPS) is 16.9. The molecular formula is C10H20N2O2. The Morgan fingerprint density at radius 1 is 1.21 bits per heavy atom. The summed E-state index contributed by atoms with van der Waals surface area (Å²) in [5.41, 5.74) is -0.597. The maximum atomic E-state index is 11.3. The van der Waals surface area contributed by atoms with Crippen molar-refractivity contribution in [3.63, 3.8) is 0 Å². The quantitative estimate of drug-likeness (QED) is 0.693. The second-order valence-electron chi connectivity index (χ2n) is 3.20. The van der Waals surface area contributed by atoms with Crippen LogP contribution in [0.2, 0.25) is 0 Å². The van der Waals surface area contributed by atoms with Crippen LogP contribution >= 0.6 is 0 Å². The van der Waals surface area contributed by atoms with Crippen LogP contribution in [-0.2, 0) is 9.59 Å². The van der Waals surface area contributed by atoms with Gasteiger partial charge in [-0.05, 0) is 19.3 Å². The van der Waals surface area contributed by atoms with Crippen molar-refractivity contribution in [3.05, 3.63) is 0 Å². The molecule has 4 nitrogen and oxygen atoms in total. The minimum Gasteiger partial charge on any atom is -0.357 e. The fraction of sp³-hybridized carbons (Fsp3) is 0.800. The van der Waals surface area contributed by atoms with Crippen LogP contribution in [0.5, 0.6) is 0 Å². The third kappa shape index (κ3) is 2.72. The summed E-state index contributed by atoms with van der Waals surface area (Å²) in [6.07, 6.45) is 2.52. The maximum absolute atomic E-state index is 11.3. The van der Waals surface area contributed by atoms with Crippen LogP contribution in [0, 0.1) is 0 Å². The zero-order valence-corrected chi connectivity index (χ0v) is 9.44. The highest BCUT2D eigenvalue weighted by molar-refractivity contribution is 5.91. The van der Waals surface area contributed by atoms with Gasteiger partial charge in [0.15, 0.2) is 0 Å². The molecular weight excluding hydrogens is 180 g/mol. The van der Waals surface area contributed by atoms with Gasteiger partial charge in [-0.15, -0.1) is 0 Å². The maximum Gasteiger partial charge on any atom is 0.245 e. The van der Waals surface area contributed by atoms with Crippen molar-refractivity contribution in [2.75, 3.05) is 7.05 Å². The van der Waals surface area contributed by atoms with Crippen molar-refractivity contribution in [1.82, 2.24) is 10.6 Å². The van der Waals surface area contributed by atoms with Crippen LogP contribution in [0.4, 0.5) is 0 Å². The van der Waals surface area contributed by atoms with Crippen molar-refractivity contribution in [2.24, 2.45) is 0 Å². The van der Waals surface area contributed by atoms with E-state index in [4.69, 9.17) is 0 Å². The number of carbonyl (C=O) groups is 2. The molecule has 0 aromatic carbocycles. The number of likely N-dealkylation sites (N-methyl/N-ethyl adjacent to an activating group) is 1. The molecule has 1 saturated carbocycles. The number of nitrogens with one attached hydrogen (secondary N) is 2. The fourth-order valence-corrected chi connectivity index (χ4v) is 1.52. The Morgan fingerprint density at radius 2 is 1.71 bits per heavy atom. The topological polar surface area (TPSA) is 58.2 Å². The van der Waals surface area contributed by atoms with Crippen LogP contribution in [-0.4, -0.2) is 24.4 Å². The number of amides is 2. The van der Waals surface area contributed by atoms with E-state index in [9.17, 15) is 9.59 Å². The molecule has 82 valence electrons. The van der Waals surface area contributed by atoms with Gasteiger partial charge in [-0.1, -0.05) is 13.8 Å². The lowest BCUT2D eigenvalue weighted by molar-refractivity contribution is -0.136. The van der Waals surface area contributed by atoms with Crippen LogP contribution in [0.15, 0.2) is 0 Å². The fourth-order valence-electron chi connectivity index (χ4n) is 1.52. The van der Waals surface area contributed by atoms with Crippen molar-refractivity contribution < 1.29 is 9.59 Å². The van der Waals surface area contributed by atoms with Gasteiger partial charge in [0, 0.05) is 14.0 Å². The van der Waals surface area contributed by atoms with Gasteiger partial charge in [-0.25, -0.2) is 0 Å². The number of hydrogen-bond donors (Lipinski definition) is 2. The van der Waals surface area contributed by atoms with Gasteiger partial charge in [0.1, 0.15) is 5.54 Å². The molecule has 1 rings (SSSR count). The molecule has 0 unspecified atom stereocenters. The van der Waals surface area contributed by atoms with Gasteiger partial charge in [-0.3, -0.25) is 9.59 Å². The highest BCUT2D eigenvalue weighted by atomic mass is 16.2. The number of carbonyl (C=O) groups excluding carboxylic acids is 2. The molecule has 0 saturated heterocycles. The highest BCUT2D eigenvalue weighted by Crippen LogP contribution is 2.31. The molecule has 4 heteroatoms. The summed E-state index contributed by atoms with van der Waals surface area (Å²) in [4.78, 5) is 22.1. The summed E-state index contributed by atoms with van der Waals surface area (Å²) in [6, 6.07) is 0. The minimum absolute atomic E-state index is 0.0797. The molecule has 2 amide bonds. The van der Waals surface area contributed by atoms with Crippen molar-refractivity contribution in [3.8, 4) is 0 Å². The average Bonchev–Trinajstić information content (AvgIpc) is 2.13. The van der Waals surface area contributed by atoms with Gasteiger partial charge in [-0.2, -0.15) is 0 Å². The smallest absolute Gasteiger partial charge is 0.245 e. The molecule has 0 heterocycles. The lowest BCUT2D eigenvalue weighted by Gasteiger charge is -2.40. The van der Waals surface area contributed by atoms with Crippen molar-refractivity contribution in [1.29, 1.82) is 0 Å². The second-order valence-corrected chi connectivity index (χ2v) is 3.20. The Balaban J connectivity index is 0.000000791. The third-order valence-corrected chi connectivity index (χ3v) is 2.28. The van der Waals surface area contributed by atoms with E-state index >= 15 is 0 Å². The molecule has 0 aromatic heterocycles. The number of rotatable bonds is 2. The molecule has 0 aliphatic heterocycles. The molecule has 0 spiro atoms. The third-order valence-electron chi connectivity index (χ3n) is 2.28. The first-order valence-corrected chi connectivity index (χ1v) is 5.12. The average molecular weight is 200 g/mol. The first kappa shape index (κ1) is 12.9. The Hall–Kier alpha value is -1.06. The molecule has 0 bridgehead atoms. The zero-order valence-electron chi connectivity index (χ0n) is 9.44. The lowest BCUT2D eigenvalue weighted by atomic mass is 9.76. The largest absolute Gasteiger partial charge is 0.357 e. The van der Waals surface area contributed by atoms with E-state index in [0.717, 1.165) is 19.3 Å². The first-order chi connectivity index (χ1) is 6.60. The molecule has 1 aliphatic carbocycles. The molecule has 0 atom stereocenters. The van der Waals surface area contributed by atoms with E-state index in [1.165, 1.54) is 6.92 Å². The lowest BCUT2D eigenvalue weighted by Crippen LogP contribution is -2.61. The molecule has 2 N–H and O–H groups in total. The molecule has 0 aromatic rings. The molecule has 0 radical (unpaired) electrons. The van der Waals surface area contributed by atoms with E-state index in [2.05, 4.69) is 10.6 Å². The van der Waals surface area contributed by atoms with Crippen molar-refractivity contribution in [2.45, 2.75) is 45.6 Å². The Bertz CT molecular complexity index is 210. The predicted octanol–water partition coefficient (Wildman–Crippen LogP) is 0.817. The summed E-state index contributed by atoms with van der Waals surface area (Å²) in [7, 11) is 1.59. The van der Waals surface area contributed by atoms with Crippen molar-refractivity contribution >= 4 is 11.8 Å². The Labute approximate surface area is 85.4 Å². The van der Waals surface area contributed by atoms with Crippen LogP contribution in [0.25, 0.3) is 0 Å².